The summed E-state index contributed by atoms with van der Waals surface area (Å²) in [6, 6.07) is 14.7. The molecule has 8 nitrogen and oxygen atoms in total. The third-order valence-corrected chi connectivity index (χ3v) is 7.43. The predicted octanol–water partition coefficient (Wildman–Crippen LogP) is 5.24. The topological polar surface area (TPSA) is 122 Å². The Morgan fingerprint density at radius 3 is 2.11 bits per heavy atom. The second-order valence-electron chi connectivity index (χ2n) is 8.42. The highest BCUT2D eigenvalue weighted by Gasteiger charge is 2.51. The van der Waals surface area contributed by atoms with Crippen LogP contribution in [-0.4, -0.2) is 30.0 Å². The summed E-state index contributed by atoms with van der Waals surface area (Å²) >= 11 is 2.95. The van der Waals surface area contributed by atoms with Gasteiger partial charge < -0.3 is 14.9 Å². The molecule has 0 bridgehead atoms. The van der Waals surface area contributed by atoms with E-state index in [4.69, 9.17) is 9.79 Å². The van der Waals surface area contributed by atoms with Crippen molar-refractivity contribution in [3.05, 3.63) is 116 Å². The maximum atomic E-state index is 14.2. The number of hydrogen-bond acceptors (Lipinski definition) is 3. The average molecular weight is 611 g/mol. The van der Waals surface area contributed by atoms with Gasteiger partial charge in [0.2, 0.25) is 0 Å². The molecule has 1 heterocycles. The SMILES string of the molecule is O=C(O)c1ccc(-c2cn(Cc3ccc(F)cc3)c(=O)n2Cc2ccc(C(F)(F)P(=O)(O)O)c(Br)c2)cc1. The molecule has 0 spiro atoms. The molecule has 4 rings (SSSR count). The highest BCUT2D eigenvalue weighted by molar-refractivity contribution is 9.10. The standard InChI is InChI=1S/C25H19BrF3N2O6P/c26-21-11-16(3-10-20(21)25(28,29)38(35,36)37)13-31-22(17-4-6-18(7-5-17)23(32)33)14-30(24(31)34)12-15-1-8-19(27)9-2-15/h1-11,14H,12-13H2,(H,32,33)(H2,35,36,37). The van der Waals surface area contributed by atoms with Crippen LogP contribution in [0, 0.1) is 5.82 Å². The molecule has 3 aromatic carbocycles. The Hall–Kier alpha value is -3.44. The lowest BCUT2D eigenvalue weighted by molar-refractivity contribution is 0.0557. The normalized spacial score (nSPS) is 12.1. The van der Waals surface area contributed by atoms with Crippen molar-refractivity contribution >= 4 is 29.5 Å². The summed E-state index contributed by atoms with van der Waals surface area (Å²) in [5.74, 6) is -1.56. The van der Waals surface area contributed by atoms with Gasteiger partial charge in [-0.1, -0.05) is 52.3 Å². The van der Waals surface area contributed by atoms with Gasteiger partial charge in [-0.15, -0.1) is 0 Å². The molecule has 198 valence electrons. The first kappa shape index (κ1) is 27.6. The Bertz CT molecular complexity index is 1610. The van der Waals surface area contributed by atoms with E-state index < -0.39 is 36.3 Å². The van der Waals surface area contributed by atoms with Gasteiger partial charge in [0, 0.05) is 16.2 Å². The maximum Gasteiger partial charge on any atom is 0.399 e. The Balaban J connectivity index is 1.77. The first-order valence-electron chi connectivity index (χ1n) is 10.9. The van der Waals surface area contributed by atoms with E-state index in [0.29, 0.717) is 22.4 Å². The number of carbonyl (C=O) groups is 1. The summed E-state index contributed by atoms with van der Waals surface area (Å²) in [6.45, 7) is -0.00487. The van der Waals surface area contributed by atoms with Crippen LogP contribution in [0.4, 0.5) is 13.2 Å². The van der Waals surface area contributed by atoms with Gasteiger partial charge in [0.25, 0.3) is 0 Å². The molecule has 0 aliphatic rings. The van der Waals surface area contributed by atoms with Crippen LogP contribution in [0.3, 0.4) is 0 Å². The van der Waals surface area contributed by atoms with Crippen molar-refractivity contribution < 1.29 is 37.4 Å². The van der Waals surface area contributed by atoms with Crippen LogP contribution >= 0.6 is 23.5 Å². The fraction of sp³-hybridized carbons (Fsp3) is 0.120. The number of imidazole rings is 1. The molecular formula is C25H19BrF3N2O6P. The van der Waals surface area contributed by atoms with E-state index in [0.717, 1.165) is 6.07 Å². The van der Waals surface area contributed by atoms with E-state index >= 15 is 0 Å². The van der Waals surface area contributed by atoms with Crippen molar-refractivity contribution in [3.8, 4) is 11.3 Å². The number of aromatic nitrogens is 2. The van der Waals surface area contributed by atoms with Crippen molar-refractivity contribution in [1.82, 2.24) is 9.13 Å². The highest BCUT2D eigenvalue weighted by Crippen LogP contribution is 2.60. The first-order valence-corrected chi connectivity index (χ1v) is 13.3. The van der Waals surface area contributed by atoms with Crippen LogP contribution in [0.25, 0.3) is 11.3 Å². The Kier molecular flexibility index (Phi) is 7.53. The summed E-state index contributed by atoms with van der Waals surface area (Å²) in [7, 11) is -5.79. The number of rotatable bonds is 8. The molecule has 13 heteroatoms. The summed E-state index contributed by atoms with van der Waals surface area (Å²) in [4.78, 5) is 42.7. The molecule has 4 aromatic rings. The summed E-state index contributed by atoms with van der Waals surface area (Å²) in [6.07, 6.45) is 1.55. The number of alkyl halides is 2. The smallest absolute Gasteiger partial charge is 0.399 e. The minimum atomic E-state index is -5.79. The minimum absolute atomic E-state index is 0.0406. The number of halogens is 4. The van der Waals surface area contributed by atoms with Crippen molar-refractivity contribution in [3.63, 3.8) is 0 Å². The zero-order chi connectivity index (χ0) is 27.8. The fourth-order valence-corrected chi connectivity index (χ4v) is 5.17. The molecule has 0 atom stereocenters. The van der Waals surface area contributed by atoms with E-state index in [1.165, 1.54) is 69.8 Å². The molecule has 0 amide bonds. The Morgan fingerprint density at radius 1 is 0.947 bits per heavy atom. The highest BCUT2D eigenvalue weighted by atomic mass is 79.9. The van der Waals surface area contributed by atoms with Gasteiger partial charge >= 0.3 is 24.9 Å². The third kappa shape index (κ3) is 5.53. The molecule has 0 aliphatic carbocycles. The van der Waals surface area contributed by atoms with E-state index in [1.807, 2.05) is 0 Å². The lowest BCUT2D eigenvalue weighted by Crippen LogP contribution is -2.25. The average Bonchev–Trinajstić information content (AvgIpc) is 3.14. The predicted molar refractivity (Wildman–Crippen MR) is 136 cm³/mol. The van der Waals surface area contributed by atoms with Gasteiger partial charge in [-0.3, -0.25) is 13.7 Å². The van der Waals surface area contributed by atoms with E-state index in [1.54, 1.807) is 6.20 Å². The molecular weight excluding hydrogens is 592 g/mol. The van der Waals surface area contributed by atoms with Crippen LogP contribution in [0.2, 0.25) is 0 Å². The summed E-state index contributed by atoms with van der Waals surface area (Å²) in [5.41, 5.74) is -3.84. The third-order valence-electron chi connectivity index (χ3n) is 5.80. The second kappa shape index (κ2) is 10.4. The van der Waals surface area contributed by atoms with Gasteiger partial charge in [-0.05, 0) is 47.0 Å². The molecule has 3 N–H and O–H groups in total. The molecule has 0 radical (unpaired) electrons. The van der Waals surface area contributed by atoms with Gasteiger partial charge in [0.15, 0.2) is 0 Å². The summed E-state index contributed by atoms with van der Waals surface area (Å²) < 4.78 is 55.5. The molecule has 0 aliphatic heterocycles. The maximum absolute atomic E-state index is 14.2. The second-order valence-corrected chi connectivity index (χ2v) is 10.9. The minimum Gasteiger partial charge on any atom is -0.478 e. The molecule has 0 fully saturated rings. The fourth-order valence-electron chi connectivity index (χ4n) is 3.84. The van der Waals surface area contributed by atoms with Crippen molar-refractivity contribution in [2.24, 2.45) is 0 Å². The number of benzene rings is 3. The van der Waals surface area contributed by atoms with Gasteiger partial charge in [0.1, 0.15) is 5.82 Å². The van der Waals surface area contributed by atoms with Crippen molar-refractivity contribution in [2.45, 2.75) is 18.8 Å². The van der Waals surface area contributed by atoms with Gasteiger partial charge in [-0.25, -0.2) is 14.0 Å². The number of nitrogens with zero attached hydrogens (tertiary/aromatic N) is 2. The number of aromatic carboxylic acids is 1. The number of carboxylic acid groups (broad SMARTS) is 1. The zero-order valence-corrected chi connectivity index (χ0v) is 21.7. The van der Waals surface area contributed by atoms with E-state index in [-0.39, 0.29) is 23.1 Å². The van der Waals surface area contributed by atoms with Crippen molar-refractivity contribution in [1.29, 1.82) is 0 Å². The van der Waals surface area contributed by atoms with Gasteiger partial charge in [-0.2, -0.15) is 8.78 Å². The zero-order valence-electron chi connectivity index (χ0n) is 19.3. The van der Waals surface area contributed by atoms with Crippen molar-refractivity contribution in [2.75, 3.05) is 0 Å². The van der Waals surface area contributed by atoms with E-state index in [2.05, 4.69) is 15.9 Å². The van der Waals surface area contributed by atoms with Crippen LogP contribution in [0.1, 0.15) is 27.0 Å². The first-order chi connectivity index (χ1) is 17.8. The summed E-state index contributed by atoms with van der Waals surface area (Å²) in [5, 5.41) is 9.19. The lowest BCUT2D eigenvalue weighted by Gasteiger charge is -2.19. The molecule has 0 unspecified atom stereocenters. The molecule has 1 aromatic heterocycles. The number of hydrogen-bond donors (Lipinski definition) is 3. The van der Waals surface area contributed by atoms with Crippen LogP contribution in [0.5, 0.6) is 0 Å². The monoisotopic (exact) mass is 610 g/mol. The largest absolute Gasteiger partial charge is 0.478 e. The van der Waals surface area contributed by atoms with Gasteiger partial charge in [0.05, 0.1) is 24.3 Å². The molecule has 0 saturated heterocycles. The number of carboxylic acids is 1. The quantitative estimate of drug-likeness (QED) is 0.235. The van der Waals surface area contributed by atoms with Crippen LogP contribution in [0.15, 0.2) is 82.2 Å². The Morgan fingerprint density at radius 2 is 1.55 bits per heavy atom. The Labute approximate surface area is 221 Å². The van der Waals surface area contributed by atoms with Crippen LogP contribution in [-0.2, 0) is 23.3 Å². The lowest BCUT2D eigenvalue weighted by atomic mass is 10.1. The van der Waals surface area contributed by atoms with Crippen LogP contribution < -0.4 is 5.69 Å². The van der Waals surface area contributed by atoms with E-state index in [9.17, 15) is 32.4 Å². The molecule has 0 saturated carbocycles. The molecule has 38 heavy (non-hydrogen) atoms.